The minimum absolute atomic E-state index is 0.344. The van der Waals surface area contributed by atoms with Gasteiger partial charge in [0.05, 0.1) is 6.54 Å². The lowest BCUT2D eigenvalue weighted by Crippen LogP contribution is -2.25. The van der Waals surface area contributed by atoms with Crippen LogP contribution in [0.3, 0.4) is 0 Å². The van der Waals surface area contributed by atoms with Gasteiger partial charge in [-0.1, -0.05) is 30.2 Å². The van der Waals surface area contributed by atoms with Crippen molar-refractivity contribution in [1.82, 2.24) is 5.32 Å². The first-order valence-electron chi connectivity index (χ1n) is 7.94. The first-order chi connectivity index (χ1) is 11.3. The molecule has 0 radical (unpaired) electrons. The summed E-state index contributed by atoms with van der Waals surface area (Å²) in [7, 11) is 0. The molecule has 2 nitrogen and oxygen atoms in total. The van der Waals surface area contributed by atoms with E-state index in [0.29, 0.717) is 19.2 Å². The third-order valence-electron chi connectivity index (χ3n) is 4.20. The molecule has 1 N–H and O–H groups in total. The van der Waals surface area contributed by atoms with Gasteiger partial charge in [0.15, 0.2) is 0 Å². The maximum absolute atomic E-state index is 6.13. The molecule has 0 saturated carbocycles. The Balaban J connectivity index is 1.77. The molecule has 3 heteroatoms. The molecule has 0 spiro atoms. The molecule has 0 fully saturated rings. The molecule has 0 aromatic heterocycles. The van der Waals surface area contributed by atoms with Gasteiger partial charge < -0.3 is 4.74 Å². The van der Waals surface area contributed by atoms with Crippen LogP contribution in [0.1, 0.15) is 35.6 Å². The van der Waals surface area contributed by atoms with E-state index in [4.69, 9.17) is 11.2 Å². The average Bonchev–Trinajstić information content (AvgIpc) is 2.58. The van der Waals surface area contributed by atoms with Crippen molar-refractivity contribution in [3.8, 4) is 18.1 Å². The van der Waals surface area contributed by atoms with Crippen LogP contribution in [0, 0.1) is 15.9 Å². The molecule has 0 bridgehead atoms. The minimum Gasteiger partial charge on any atom is -0.489 e. The highest BCUT2D eigenvalue weighted by Gasteiger charge is 2.22. The van der Waals surface area contributed by atoms with E-state index in [1.807, 2.05) is 0 Å². The average molecular weight is 417 g/mol. The lowest BCUT2D eigenvalue weighted by molar-refractivity contribution is 0.299. The number of halogens is 1. The molecular formula is C20H20INO. The summed E-state index contributed by atoms with van der Waals surface area (Å²) in [4.78, 5) is 0. The number of benzene rings is 2. The van der Waals surface area contributed by atoms with Crippen LogP contribution in [0.15, 0.2) is 42.5 Å². The van der Waals surface area contributed by atoms with Crippen molar-refractivity contribution >= 4 is 22.6 Å². The Kier molecular flexibility index (Phi) is 5.58. The van der Waals surface area contributed by atoms with Gasteiger partial charge in [-0.2, -0.15) is 0 Å². The van der Waals surface area contributed by atoms with Crippen LogP contribution >= 0.6 is 22.6 Å². The molecule has 0 aliphatic heterocycles. The predicted molar refractivity (Wildman–Crippen MR) is 102 cm³/mol. The third-order valence-corrected chi connectivity index (χ3v) is 4.87. The molecule has 1 aliphatic carbocycles. The molecule has 1 unspecified atom stereocenters. The van der Waals surface area contributed by atoms with Gasteiger partial charge in [0.25, 0.3) is 0 Å². The minimum atomic E-state index is 0.344. The van der Waals surface area contributed by atoms with Crippen molar-refractivity contribution in [2.75, 3.05) is 6.54 Å². The normalized spacial score (nSPS) is 16.4. The zero-order valence-electron chi connectivity index (χ0n) is 13.0. The summed E-state index contributed by atoms with van der Waals surface area (Å²) in [5.41, 5.74) is 3.87. The first-order valence-corrected chi connectivity index (χ1v) is 9.01. The SMILES string of the molecule is C#CCNC1CCCc2c(OCc3cccc(I)c3)cccc21. The second kappa shape index (κ2) is 7.85. The van der Waals surface area contributed by atoms with Crippen molar-refractivity contribution in [2.24, 2.45) is 0 Å². The predicted octanol–water partition coefficient (Wildman–Crippen LogP) is 4.47. The van der Waals surface area contributed by atoms with Crippen LogP contribution in [-0.4, -0.2) is 6.54 Å². The standard InChI is InChI=1S/C20H20INO/c1-2-12-22-19-10-4-9-18-17(19)8-5-11-20(18)23-14-15-6-3-7-16(21)13-15/h1,3,5-8,11,13,19,22H,4,9-10,12,14H2. The second-order valence-corrected chi connectivity index (χ2v) is 7.02. The number of hydrogen-bond donors (Lipinski definition) is 1. The summed E-state index contributed by atoms with van der Waals surface area (Å²) in [6, 6.07) is 15.1. The van der Waals surface area contributed by atoms with E-state index in [2.05, 4.69) is 76.3 Å². The lowest BCUT2D eigenvalue weighted by Gasteiger charge is -2.27. The van der Waals surface area contributed by atoms with Crippen molar-refractivity contribution in [3.05, 3.63) is 62.7 Å². The Labute approximate surface area is 151 Å². The summed E-state index contributed by atoms with van der Waals surface area (Å²) in [6.07, 6.45) is 8.76. The molecule has 0 amide bonds. The number of hydrogen-bond acceptors (Lipinski definition) is 2. The molecule has 3 rings (SSSR count). The largest absolute Gasteiger partial charge is 0.489 e. The van der Waals surface area contributed by atoms with Crippen LogP contribution in [-0.2, 0) is 13.0 Å². The van der Waals surface area contributed by atoms with Crippen molar-refractivity contribution in [2.45, 2.75) is 31.9 Å². The molecule has 2 aromatic rings. The van der Waals surface area contributed by atoms with Gasteiger partial charge in [-0.25, -0.2) is 0 Å². The van der Waals surface area contributed by atoms with E-state index in [1.165, 1.54) is 26.7 Å². The maximum atomic E-state index is 6.13. The second-order valence-electron chi connectivity index (χ2n) is 5.77. The number of fused-ring (bicyclic) bond motifs is 1. The van der Waals surface area contributed by atoms with Crippen molar-refractivity contribution < 1.29 is 4.74 Å². The maximum Gasteiger partial charge on any atom is 0.123 e. The van der Waals surface area contributed by atoms with Gasteiger partial charge in [-0.15, -0.1) is 6.42 Å². The van der Waals surface area contributed by atoms with E-state index < -0.39 is 0 Å². The zero-order chi connectivity index (χ0) is 16.1. The van der Waals surface area contributed by atoms with Crippen LogP contribution in [0.2, 0.25) is 0 Å². The van der Waals surface area contributed by atoms with E-state index >= 15 is 0 Å². The molecule has 1 aliphatic rings. The zero-order valence-corrected chi connectivity index (χ0v) is 15.2. The van der Waals surface area contributed by atoms with Crippen molar-refractivity contribution in [1.29, 1.82) is 0 Å². The monoisotopic (exact) mass is 417 g/mol. The summed E-state index contributed by atoms with van der Waals surface area (Å²) in [5.74, 6) is 3.68. The Morgan fingerprint density at radius 2 is 2.13 bits per heavy atom. The van der Waals surface area contributed by atoms with E-state index in [-0.39, 0.29) is 0 Å². The lowest BCUT2D eigenvalue weighted by atomic mass is 9.87. The topological polar surface area (TPSA) is 21.3 Å². The van der Waals surface area contributed by atoms with Gasteiger partial charge in [0.1, 0.15) is 12.4 Å². The summed E-state index contributed by atoms with van der Waals surface area (Å²) in [5, 5.41) is 3.44. The summed E-state index contributed by atoms with van der Waals surface area (Å²) in [6.45, 7) is 1.22. The molecular weight excluding hydrogens is 397 g/mol. The Bertz CT molecular complexity index is 720. The van der Waals surface area contributed by atoms with Crippen LogP contribution in [0.25, 0.3) is 0 Å². The highest BCUT2D eigenvalue weighted by atomic mass is 127. The van der Waals surface area contributed by atoms with Crippen LogP contribution < -0.4 is 10.1 Å². The molecule has 1 atom stereocenters. The Hall–Kier alpha value is -1.51. The van der Waals surface area contributed by atoms with Gasteiger partial charge in [0, 0.05) is 9.61 Å². The van der Waals surface area contributed by atoms with E-state index in [9.17, 15) is 0 Å². The van der Waals surface area contributed by atoms with Crippen molar-refractivity contribution in [3.63, 3.8) is 0 Å². The summed E-state index contributed by atoms with van der Waals surface area (Å²) < 4.78 is 7.36. The van der Waals surface area contributed by atoms with Crippen LogP contribution in [0.4, 0.5) is 0 Å². The van der Waals surface area contributed by atoms with E-state index in [1.54, 1.807) is 0 Å². The smallest absolute Gasteiger partial charge is 0.123 e. The van der Waals surface area contributed by atoms with Gasteiger partial charge in [-0.05, 0) is 76.7 Å². The molecule has 2 aromatic carbocycles. The summed E-state index contributed by atoms with van der Waals surface area (Å²) >= 11 is 2.33. The van der Waals surface area contributed by atoms with Crippen LogP contribution in [0.5, 0.6) is 5.75 Å². The first kappa shape index (κ1) is 16.4. The highest BCUT2D eigenvalue weighted by Crippen LogP contribution is 2.35. The van der Waals surface area contributed by atoms with Gasteiger partial charge in [-0.3, -0.25) is 5.32 Å². The fraction of sp³-hybridized carbons (Fsp3) is 0.300. The molecule has 118 valence electrons. The fourth-order valence-electron chi connectivity index (χ4n) is 3.13. The highest BCUT2D eigenvalue weighted by molar-refractivity contribution is 14.1. The quantitative estimate of drug-likeness (QED) is 0.573. The number of nitrogens with one attached hydrogen (secondary N) is 1. The Morgan fingerprint density at radius 3 is 2.96 bits per heavy atom. The third kappa shape index (κ3) is 4.07. The molecule has 0 heterocycles. The van der Waals surface area contributed by atoms with E-state index in [0.717, 1.165) is 18.6 Å². The number of ether oxygens (including phenoxy) is 1. The number of rotatable bonds is 5. The molecule has 23 heavy (non-hydrogen) atoms. The van der Waals surface area contributed by atoms with Gasteiger partial charge >= 0.3 is 0 Å². The molecule has 0 saturated heterocycles. The fourth-order valence-corrected chi connectivity index (χ4v) is 3.74. The number of terminal acetylenes is 1. The Morgan fingerprint density at radius 1 is 1.26 bits per heavy atom. The van der Waals surface area contributed by atoms with Gasteiger partial charge in [0.2, 0.25) is 0 Å².